The number of rotatable bonds is 8. The third-order valence-corrected chi connectivity index (χ3v) is 5.41. The van der Waals surface area contributed by atoms with Crippen molar-refractivity contribution in [2.45, 2.75) is 18.2 Å². The first kappa shape index (κ1) is 19.7. The van der Waals surface area contributed by atoms with E-state index in [0.717, 1.165) is 3.57 Å². The van der Waals surface area contributed by atoms with E-state index in [4.69, 9.17) is 4.74 Å². The minimum Gasteiger partial charge on any atom is -0.494 e. The van der Waals surface area contributed by atoms with Crippen LogP contribution in [-0.4, -0.2) is 27.5 Å². The molecule has 2 rings (SSSR count). The Morgan fingerprint density at radius 1 is 1.08 bits per heavy atom. The molecule has 0 unspecified atom stereocenters. The second-order valence-corrected chi connectivity index (χ2v) is 8.12. The van der Waals surface area contributed by atoms with Gasteiger partial charge in [0.25, 0.3) is 0 Å². The number of carbonyl (C=O) groups excluding carboxylic acids is 1. The lowest BCUT2D eigenvalue weighted by atomic mass is 10.3. The Morgan fingerprint density at radius 2 is 1.72 bits per heavy atom. The maximum atomic E-state index is 12.2. The van der Waals surface area contributed by atoms with Crippen molar-refractivity contribution < 1.29 is 17.9 Å². The highest BCUT2D eigenvalue weighted by Gasteiger charge is 2.14. The zero-order valence-corrected chi connectivity index (χ0v) is 16.6. The fraction of sp³-hybridized carbons (Fsp3) is 0.235. The van der Waals surface area contributed by atoms with Crippen molar-refractivity contribution in [3.8, 4) is 5.75 Å². The molecule has 0 saturated heterocycles. The van der Waals surface area contributed by atoms with Crippen LogP contribution in [0.4, 0.5) is 5.69 Å². The molecule has 0 aliphatic rings. The summed E-state index contributed by atoms with van der Waals surface area (Å²) in [6.45, 7) is 2.39. The van der Waals surface area contributed by atoms with Gasteiger partial charge in [-0.05, 0) is 78.0 Å². The molecule has 0 aromatic heterocycles. The van der Waals surface area contributed by atoms with Crippen LogP contribution in [0.3, 0.4) is 0 Å². The quantitative estimate of drug-likeness (QED) is 0.577. The Morgan fingerprint density at radius 3 is 2.32 bits per heavy atom. The van der Waals surface area contributed by atoms with Crippen LogP contribution in [0.25, 0.3) is 0 Å². The van der Waals surface area contributed by atoms with Crippen LogP contribution in [0.2, 0.25) is 0 Å². The van der Waals surface area contributed by atoms with Crippen molar-refractivity contribution in [2.75, 3.05) is 18.5 Å². The monoisotopic (exact) mass is 474 g/mol. The van der Waals surface area contributed by atoms with Crippen LogP contribution in [0.15, 0.2) is 53.4 Å². The summed E-state index contributed by atoms with van der Waals surface area (Å²) >= 11 is 2.18. The number of halogens is 1. The molecule has 2 aromatic rings. The summed E-state index contributed by atoms with van der Waals surface area (Å²) in [6, 6.07) is 13.5. The number of carbonyl (C=O) groups is 1. The van der Waals surface area contributed by atoms with Crippen LogP contribution >= 0.6 is 22.6 Å². The molecule has 8 heteroatoms. The van der Waals surface area contributed by atoms with Gasteiger partial charge in [-0.2, -0.15) is 0 Å². The van der Waals surface area contributed by atoms with Crippen molar-refractivity contribution in [2.24, 2.45) is 0 Å². The molecule has 0 bridgehead atoms. The fourth-order valence-electron chi connectivity index (χ4n) is 2.02. The van der Waals surface area contributed by atoms with E-state index in [9.17, 15) is 13.2 Å². The average molecular weight is 474 g/mol. The van der Waals surface area contributed by atoms with Crippen LogP contribution in [0.1, 0.15) is 13.3 Å². The van der Waals surface area contributed by atoms with Gasteiger partial charge in [0.2, 0.25) is 15.9 Å². The van der Waals surface area contributed by atoms with Gasteiger partial charge < -0.3 is 10.1 Å². The number of hydrogen-bond acceptors (Lipinski definition) is 4. The Hall–Kier alpha value is -1.65. The third-order valence-electron chi connectivity index (χ3n) is 3.22. The minimum atomic E-state index is -3.65. The summed E-state index contributed by atoms with van der Waals surface area (Å²) in [4.78, 5) is 12.0. The number of sulfonamides is 1. The van der Waals surface area contributed by atoms with E-state index in [-0.39, 0.29) is 23.8 Å². The first-order valence-electron chi connectivity index (χ1n) is 7.68. The molecular weight excluding hydrogens is 455 g/mol. The number of amides is 1. The molecule has 6 nitrogen and oxygen atoms in total. The minimum absolute atomic E-state index is 0.0196. The van der Waals surface area contributed by atoms with Crippen molar-refractivity contribution >= 4 is 44.2 Å². The maximum absolute atomic E-state index is 12.2. The third kappa shape index (κ3) is 6.29. The first-order valence-corrected chi connectivity index (χ1v) is 10.2. The Bertz CT molecular complexity index is 806. The molecule has 0 heterocycles. The second kappa shape index (κ2) is 9.16. The van der Waals surface area contributed by atoms with Crippen molar-refractivity contribution in [3.63, 3.8) is 0 Å². The molecule has 25 heavy (non-hydrogen) atoms. The highest BCUT2D eigenvalue weighted by Crippen LogP contribution is 2.16. The summed E-state index contributed by atoms with van der Waals surface area (Å²) in [6.07, 6.45) is 0.0439. The smallest absolute Gasteiger partial charge is 0.240 e. The van der Waals surface area contributed by atoms with Gasteiger partial charge >= 0.3 is 0 Å². The van der Waals surface area contributed by atoms with Crippen molar-refractivity contribution in [1.82, 2.24) is 4.72 Å². The molecular formula is C17H19IN2O4S. The molecule has 0 radical (unpaired) electrons. The van der Waals surface area contributed by atoms with Gasteiger partial charge in [-0.15, -0.1) is 0 Å². The van der Waals surface area contributed by atoms with Crippen LogP contribution in [0.5, 0.6) is 5.75 Å². The zero-order chi connectivity index (χ0) is 18.3. The second-order valence-electron chi connectivity index (χ2n) is 5.11. The van der Waals surface area contributed by atoms with E-state index in [1.54, 1.807) is 24.3 Å². The fourth-order valence-corrected chi connectivity index (χ4v) is 3.41. The standard InChI is InChI=1S/C17H19IN2O4S/c1-2-24-15-7-9-16(10-8-15)25(22,23)19-12-11-17(21)20-14-5-3-13(18)4-6-14/h3-10,19H,2,11-12H2,1H3,(H,20,21). The molecule has 2 aromatic carbocycles. The maximum Gasteiger partial charge on any atom is 0.240 e. The molecule has 0 saturated carbocycles. The normalized spacial score (nSPS) is 11.1. The molecule has 0 fully saturated rings. The molecule has 0 atom stereocenters. The van der Waals surface area contributed by atoms with Crippen molar-refractivity contribution in [1.29, 1.82) is 0 Å². The topological polar surface area (TPSA) is 84.5 Å². The number of hydrogen-bond donors (Lipinski definition) is 2. The van der Waals surface area contributed by atoms with Gasteiger partial charge in [-0.1, -0.05) is 0 Å². The van der Waals surface area contributed by atoms with E-state index in [2.05, 4.69) is 32.6 Å². The largest absolute Gasteiger partial charge is 0.494 e. The molecule has 0 spiro atoms. The van der Waals surface area contributed by atoms with E-state index in [0.29, 0.717) is 18.0 Å². The Kier molecular flexibility index (Phi) is 7.21. The summed E-state index contributed by atoms with van der Waals surface area (Å²) in [5, 5.41) is 2.72. The number of anilines is 1. The molecule has 1 amide bonds. The molecule has 2 N–H and O–H groups in total. The number of ether oxygens (including phenoxy) is 1. The summed E-state index contributed by atoms with van der Waals surface area (Å²) in [5.74, 6) is 0.356. The van der Waals surface area contributed by atoms with Crippen LogP contribution < -0.4 is 14.8 Å². The van der Waals surface area contributed by atoms with Gasteiger partial charge in [-0.3, -0.25) is 4.79 Å². The number of benzene rings is 2. The van der Waals surface area contributed by atoms with Crippen LogP contribution in [-0.2, 0) is 14.8 Å². The SMILES string of the molecule is CCOc1ccc(S(=O)(=O)NCCC(=O)Nc2ccc(I)cc2)cc1. The average Bonchev–Trinajstić information content (AvgIpc) is 2.57. The summed E-state index contributed by atoms with van der Waals surface area (Å²) in [5.41, 5.74) is 0.680. The van der Waals surface area contributed by atoms with Crippen LogP contribution in [0, 0.1) is 3.57 Å². The molecule has 0 aliphatic heterocycles. The Labute approximate surface area is 161 Å². The van der Waals surface area contributed by atoms with Crippen molar-refractivity contribution in [3.05, 3.63) is 52.1 Å². The van der Waals surface area contributed by atoms with Gasteiger partial charge in [0.15, 0.2) is 0 Å². The van der Waals surface area contributed by atoms with Gasteiger partial charge in [-0.25, -0.2) is 13.1 Å². The molecule has 0 aliphatic carbocycles. The highest BCUT2D eigenvalue weighted by molar-refractivity contribution is 14.1. The zero-order valence-electron chi connectivity index (χ0n) is 13.7. The lowest BCUT2D eigenvalue weighted by Gasteiger charge is -2.09. The summed E-state index contributed by atoms with van der Waals surface area (Å²) < 4.78 is 33.2. The lowest BCUT2D eigenvalue weighted by Crippen LogP contribution is -2.27. The Balaban J connectivity index is 1.84. The molecule has 134 valence electrons. The highest BCUT2D eigenvalue weighted by atomic mass is 127. The van der Waals surface area contributed by atoms with Gasteiger partial charge in [0, 0.05) is 22.2 Å². The predicted molar refractivity (Wildman–Crippen MR) is 105 cm³/mol. The van der Waals surface area contributed by atoms with E-state index in [1.165, 1.54) is 12.1 Å². The first-order chi connectivity index (χ1) is 11.9. The lowest BCUT2D eigenvalue weighted by molar-refractivity contribution is -0.116. The van der Waals surface area contributed by atoms with Gasteiger partial charge in [0.05, 0.1) is 11.5 Å². The summed E-state index contributed by atoms with van der Waals surface area (Å²) in [7, 11) is -3.65. The van der Waals surface area contributed by atoms with E-state index < -0.39 is 10.0 Å². The number of nitrogens with one attached hydrogen (secondary N) is 2. The predicted octanol–water partition coefficient (Wildman–Crippen LogP) is 3.00. The van der Waals surface area contributed by atoms with E-state index >= 15 is 0 Å². The van der Waals surface area contributed by atoms with Gasteiger partial charge in [0.1, 0.15) is 5.75 Å². The van der Waals surface area contributed by atoms with E-state index in [1.807, 2.05) is 19.1 Å².